The number of aromatic nitrogens is 1. The zero-order chi connectivity index (χ0) is 12.1. The Kier molecular flexibility index (Phi) is 3.76. The monoisotopic (exact) mass is 226 g/mol. The normalized spacial score (nSPS) is 12.3. The van der Waals surface area contributed by atoms with E-state index in [4.69, 9.17) is 5.73 Å². The lowest BCUT2D eigenvalue weighted by Gasteiger charge is -2.13. The van der Waals surface area contributed by atoms with Crippen LogP contribution in [-0.2, 0) is 6.42 Å². The number of hydrogen-bond donors (Lipinski definition) is 1. The molecule has 1 atom stereocenters. The molecular formula is C15H18N2. The van der Waals surface area contributed by atoms with Crippen molar-refractivity contribution in [1.29, 1.82) is 0 Å². The van der Waals surface area contributed by atoms with Gasteiger partial charge in [-0.2, -0.15) is 0 Å². The summed E-state index contributed by atoms with van der Waals surface area (Å²) in [4.78, 5) is 4.13. The molecule has 0 spiro atoms. The molecule has 0 bridgehead atoms. The second-order valence-corrected chi connectivity index (χ2v) is 4.40. The van der Waals surface area contributed by atoms with Gasteiger partial charge in [0.25, 0.3) is 0 Å². The Hall–Kier alpha value is -1.83. The summed E-state index contributed by atoms with van der Waals surface area (Å²) < 4.78 is 0. The zero-order valence-corrected chi connectivity index (χ0v) is 10.1. The minimum absolute atomic E-state index is 0.448. The van der Waals surface area contributed by atoms with Gasteiger partial charge in [0.15, 0.2) is 0 Å². The molecule has 0 amide bonds. The van der Waals surface area contributed by atoms with E-state index in [1.165, 1.54) is 5.56 Å². The quantitative estimate of drug-likeness (QED) is 0.867. The van der Waals surface area contributed by atoms with Crippen LogP contribution in [0, 0.1) is 0 Å². The second kappa shape index (κ2) is 5.48. The first kappa shape index (κ1) is 11.6. The molecule has 0 saturated heterocycles. The van der Waals surface area contributed by atoms with Gasteiger partial charge in [-0.1, -0.05) is 43.3 Å². The molecule has 1 heterocycles. The van der Waals surface area contributed by atoms with Crippen LogP contribution in [0.1, 0.15) is 30.4 Å². The first-order chi connectivity index (χ1) is 8.27. The van der Waals surface area contributed by atoms with Gasteiger partial charge in [0, 0.05) is 6.20 Å². The third kappa shape index (κ3) is 3.06. The molecule has 0 aliphatic rings. The average Bonchev–Trinajstić information content (AvgIpc) is 2.38. The Morgan fingerprint density at radius 2 is 1.88 bits per heavy atom. The van der Waals surface area contributed by atoms with Gasteiger partial charge < -0.3 is 5.73 Å². The lowest BCUT2D eigenvalue weighted by Crippen LogP contribution is -2.02. The van der Waals surface area contributed by atoms with E-state index in [1.54, 1.807) is 6.20 Å². The smallest absolute Gasteiger partial charge is 0.126 e. The van der Waals surface area contributed by atoms with Crippen molar-refractivity contribution in [3.8, 4) is 0 Å². The van der Waals surface area contributed by atoms with Crippen LogP contribution >= 0.6 is 0 Å². The van der Waals surface area contributed by atoms with Crippen LogP contribution in [0.4, 0.5) is 5.82 Å². The number of rotatable bonds is 4. The van der Waals surface area contributed by atoms with E-state index in [1.807, 2.05) is 12.1 Å². The minimum Gasteiger partial charge on any atom is -0.383 e. The van der Waals surface area contributed by atoms with Gasteiger partial charge in [0.1, 0.15) is 5.82 Å². The predicted octanol–water partition coefficient (Wildman–Crippen LogP) is 3.40. The summed E-state index contributed by atoms with van der Waals surface area (Å²) in [6.07, 6.45) is 3.92. The lowest BCUT2D eigenvalue weighted by molar-refractivity contribution is 0.679. The lowest BCUT2D eigenvalue weighted by atomic mass is 9.94. The van der Waals surface area contributed by atoms with Crippen molar-refractivity contribution < 1.29 is 0 Å². The third-order valence-electron chi connectivity index (χ3n) is 3.11. The van der Waals surface area contributed by atoms with Crippen LogP contribution in [0.15, 0.2) is 48.7 Å². The predicted molar refractivity (Wildman–Crippen MR) is 71.8 cm³/mol. The van der Waals surface area contributed by atoms with E-state index in [0.29, 0.717) is 11.7 Å². The number of hydrogen-bond acceptors (Lipinski definition) is 2. The van der Waals surface area contributed by atoms with E-state index in [2.05, 4.69) is 42.2 Å². The third-order valence-corrected chi connectivity index (χ3v) is 3.11. The maximum Gasteiger partial charge on any atom is 0.126 e. The summed E-state index contributed by atoms with van der Waals surface area (Å²) >= 11 is 0. The number of pyridine rings is 1. The first-order valence-corrected chi connectivity index (χ1v) is 6.01. The standard InChI is InChI=1S/C15H18N2/c1-12(14-8-5-11-17-15(14)16)9-10-13-6-3-2-4-7-13/h2-8,11-12H,9-10H2,1H3,(H2,16,17)/t12-/m1/s1. The Morgan fingerprint density at radius 1 is 1.12 bits per heavy atom. The summed E-state index contributed by atoms with van der Waals surface area (Å²) in [5.41, 5.74) is 8.41. The molecule has 2 aromatic rings. The Morgan fingerprint density at radius 3 is 2.59 bits per heavy atom. The van der Waals surface area contributed by atoms with Crippen molar-refractivity contribution in [2.75, 3.05) is 5.73 Å². The molecule has 2 nitrogen and oxygen atoms in total. The highest BCUT2D eigenvalue weighted by molar-refractivity contribution is 5.40. The Balaban J connectivity index is 1.99. The number of anilines is 1. The highest BCUT2D eigenvalue weighted by Crippen LogP contribution is 2.24. The molecule has 0 unspecified atom stereocenters. The number of benzene rings is 1. The molecular weight excluding hydrogens is 208 g/mol. The fraction of sp³-hybridized carbons (Fsp3) is 0.267. The van der Waals surface area contributed by atoms with Gasteiger partial charge in [0.05, 0.1) is 0 Å². The maximum absolute atomic E-state index is 5.88. The van der Waals surface area contributed by atoms with Crippen LogP contribution in [0.5, 0.6) is 0 Å². The van der Waals surface area contributed by atoms with Crippen molar-refractivity contribution in [1.82, 2.24) is 4.98 Å². The number of nitrogens with zero attached hydrogens (tertiary/aromatic N) is 1. The van der Waals surface area contributed by atoms with Crippen LogP contribution in [0.3, 0.4) is 0 Å². The summed E-state index contributed by atoms with van der Waals surface area (Å²) in [7, 11) is 0. The molecule has 1 aromatic carbocycles. The minimum atomic E-state index is 0.448. The summed E-state index contributed by atoms with van der Waals surface area (Å²) in [6.45, 7) is 2.20. The van der Waals surface area contributed by atoms with E-state index in [9.17, 15) is 0 Å². The van der Waals surface area contributed by atoms with Gasteiger partial charge in [-0.05, 0) is 36.0 Å². The van der Waals surface area contributed by atoms with Gasteiger partial charge >= 0.3 is 0 Å². The summed E-state index contributed by atoms with van der Waals surface area (Å²) in [5, 5.41) is 0. The molecule has 0 aliphatic carbocycles. The van der Waals surface area contributed by atoms with Crippen LogP contribution in [0.2, 0.25) is 0 Å². The average molecular weight is 226 g/mol. The van der Waals surface area contributed by atoms with Gasteiger partial charge in [0.2, 0.25) is 0 Å². The van der Waals surface area contributed by atoms with Crippen molar-refractivity contribution >= 4 is 5.82 Å². The highest BCUT2D eigenvalue weighted by Gasteiger charge is 2.09. The Labute approximate surface area is 103 Å². The summed E-state index contributed by atoms with van der Waals surface area (Å²) in [6, 6.07) is 14.6. The van der Waals surface area contributed by atoms with Crippen molar-refractivity contribution in [3.63, 3.8) is 0 Å². The van der Waals surface area contributed by atoms with Crippen LogP contribution in [0.25, 0.3) is 0 Å². The van der Waals surface area contributed by atoms with E-state index in [0.717, 1.165) is 18.4 Å². The Bertz CT molecular complexity index is 465. The molecule has 1 aromatic heterocycles. The van der Waals surface area contributed by atoms with E-state index in [-0.39, 0.29) is 0 Å². The fourth-order valence-electron chi connectivity index (χ4n) is 2.03. The van der Waals surface area contributed by atoms with Gasteiger partial charge in [-0.3, -0.25) is 0 Å². The number of aryl methyl sites for hydroxylation is 1. The topological polar surface area (TPSA) is 38.9 Å². The molecule has 88 valence electrons. The molecule has 0 aliphatic heterocycles. The van der Waals surface area contributed by atoms with Gasteiger partial charge in [-0.25, -0.2) is 4.98 Å². The number of nitrogen functional groups attached to an aromatic ring is 1. The van der Waals surface area contributed by atoms with E-state index < -0.39 is 0 Å². The van der Waals surface area contributed by atoms with Crippen molar-refractivity contribution in [2.24, 2.45) is 0 Å². The largest absolute Gasteiger partial charge is 0.383 e. The molecule has 0 saturated carbocycles. The SMILES string of the molecule is C[C@H](CCc1ccccc1)c1cccnc1N. The summed E-state index contributed by atoms with van der Waals surface area (Å²) in [5.74, 6) is 1.11. The maximum atomic E-state index is 5.88. The molecule has 0 fully saturated rings. The molecule has 2 rings (SSSR count). The van der Waals surface area contributed by atoms with E-state index >= 15 is 0 Å². The second-order valence-electron chi connectivity index (χ2n) is 4.40. The molecule has 2 heteroatoms. The van der Waals surface area contributed by atoms with Crippen LogP contribution in [-0.4, -0.2) is 4.98 Å². The molecule has 17 heavy (non-hydrogen) atoms. The van der Waals surface area contributed by atoms with Crippen LogP contribution < -0.4 is 5.73 Å². The van der Waals surface area contributed by atoms with Gasteiger partial charge in [-0.15, -0.1) is 0 Å². The number of nitrogens with two attached hydrogens (primary N) is 1. The highest BCUT2D eigenvalue weighted by atomic mass is 14.8. The first-order valence-electron chi connectivity index (χ1n) is 6.01. The fourth-order valence-corrected chi connectivity index (χ4v) is 2.03. The zero-order valence-electron chi connectivity index (χ0n) is 10.1. The molecule has 2 N–H and O–H groups in total. The van der Waals surface area contributed by atoms with Crippen molar-refractivity contribution in [2.45, 2.75) is 25.7 Å². The molecule has 0 radical (unpaired) electrons. The van der Waals surface area contributed by atoms with Crippen molar-refractivity contribution in [3.05, 3.63) is 59.8 Å².